The Bertz CT molecular complexity index is 594. The maximum Gasteiger partial charge on any atom is 0.408 e. The zero-order chi connectivity index (χ0) is 14.2. The molecule has 1 fully saturated rings. The minimum Gasteiger partial charge on any atom is -0.361 e. The van der Waals surface area contributed by atoms with Crippen molar-refractivity contribution in [2.24, 2.45) is 0 Å². The van der Waals surface area contributed by atoms with Crippen molar-refractivity contribution in [3.8, 4) is 0 Å². The van der Waals surface area contributed by atoms with Gasteiger partial charge in [0.15, 0.2) is 0 Å². The third kappa shape index (κ3) is 3.68. The van der Waals surface area contributed by atoms with Crippen LogP contribution >= 0.6 is 24.8 Å². The number of fused-ring (bicyclic) bond motifs is 1. The lowest BCUT2D eigenvalue weighted by molar-refractivity contribution is -0.187. The van der Waals surface area contributed by atoms with Crippen molar-refractivity contribution in [3.63, 3.8) is 0 Å². The molecule has 0 aliphatic carbocycles. The number of aromatic amines is 1. The zero-order valence-corrected chi connectivity index (χ0v) is 13.3. The van der Waals surface area contributed by atoms with Gasteiger partial charge in [-0.25, -0.2) is 0 Å². The summed E-state index contributed by atoms with van der Waals surface area (Å²) in [5, 5.41) is 3.74. The number of nitrogens with zero attached hydrogens (tertiary/aromatic N) is 1. The average Bonchev–Trinajstić information content (AvgIpc) is 2.88. The first kappa shape index (κ1) is 19.1. The van der Waals surface area contributed by atoms with Gasteiger partial charge < -0.3 is 10.3 Å². The van der Waals surface area contributed by atoms with Crippen molar-refractivity contribution >= 4 is 35.7 Å². The minimum absolute atomic E-state index is 0. The van der Waals surface area contributed by atoms with Crippen molar-refractivity contribution in [1.29, 1.82) is 0 Å². The van der Waals surface area contributed by atoms with Crippen LogP contribution in [-0.2, 0) is 0 Å². The van der Waals surface area contributed by atoms with Crippen molar-refractivity contribution in [2.75, 3.05) is 26.2 Å². The van der Waals surface area contributed by atoms with E-state index in [-0.39, 0.29) is 24.8 Å². The molecule has 8 heteroatoms. The van der Waals surface area contributed by atoms with Gasteiger partial charge >= 0.3 is 6.18 Å². The van der Waals surface area contributed by atoms with Gasteiger partial charge in [-0.15, -0.1) is 24.8 Å². The Hall–Kier alpha value is -0.950. The number of hydrogen-bond acceptors (Lipinski definition) is 2. The van der Waals surface area contributed by atoms with Crippen LogP contribution < -0.4 is 5.32 Å². The first-order chi connectivity index (χ1) is 9.57. The highest BCUT2D eigenvalue weighted by atomic mass is 35.5. The summed E-state index contributed by atoms with van der Waals surface area (Å²) in [6, 6.07) is 5.23. The Labute approximate surface area is 139 Å². The van der Waals surface area contributed by atoms with Crippen molar-refractivity contribution < 1.29 is 13.2 Å². The number of hydrogen-bond donors (Lipinski definition) is 2. The molecule has 2 N–H and O–H groups in total. The van der Waals surface area contributed by atoms with Crippen LogP contribution in [0.4, 0.5) is 13.2 Å². The molecule has 3 nitrogen and oxygen atoms in total. The summed E-state index contributed by atoms with van der Waals surface area (Å²) in [6.07, 6.45) is -2.59. The highest BCUT2D eigenvalue weighted by molar-refractivity contribution is 5.85. The van der Waals surface area contributed by atoms with Crippen molar-refractivity contribution in [1.82, 2.24) is 15.2 Å². The molecule has 1 atom stereocenters. The summed E-state index contributed by atoms with van der Waals surface area (Å²) < 4.78 is 40.7. The van der Waals surface area contributed by atoms with E-state index in [1.54, 1.807) is 30.5 Å². The van der Waals surface area contributed by atoms with E-state index in [9.17, 15) is 13.2 Å². The lowest BCUT2D eigenvalue weighted by Gasteiger charge is -2.36. The molecule has 0 saturated carbocycles. The third-order valence-corrected chi connectivity index (χ3v) is 3.75. The Morgan fingerprint density at radius 1 is 1.05 bits per heavy atom. The monoisotopic (exact) mass is 355 g/mol. The normalized spacial score (nSPS) is 17.6. The van der Waals surface area contributed by atoms with Gasteiger partial charge in [-0.2, -0.15) is 13.2 Å². The molecule has 3 rings (SSSR count). The molecular formula is C14H18Cl2F3N3. The first-order valence-corrected chi connectivity index (χ1v) is 6.65. The fourth-order valence-corrected chi connectivity index (χ4v) is 2.87. The number of aromatic nitrogens is 1. The molecule has 0 spiro atoms. The van der Waals surface area contributed by atoms with Crippen LogP contribution in [0.25, 0.3) is 10.9 Å². The molecule has 0 bridgehead atoms. The van der Waals surface area contributed by atoms with Crippen LogP contribution in [0.5, 0.6) is 0 Å². The number of nitrogens with one attached hydrogen (secondary N) is 2. The molecule has 2 aromatic rings. The fourth-order valence-electron chi connectivity index (χ4n) is 2.87. The van der Waals surface area contributed by atoms with Gasteiger partial charge in [-0.1, -0.05) is 12.1 Å². The zero-order valence-electron chi connectivity index (χ0n) is 11.7. The Balaban J connectivity index is 0.00000121. The maximum absolute atomic E-state index is 13.6. The molecule has 2 heterocycles. The van der Waals surface area contributed by atoms with Gasteiger partial charge in [0.05, 0.1) is 0 Å². The van der Waals surface area contributed by atoms with Crippen LogP contribution in [0.1, 0.15) is 11.6 Å². The van der Waals surface area contributed by atoms with E-state index in [0.717, 1.165) is 5.52 Å². The highest BCUT2D eigenvalue weighted by Gasteiger charge is 2.45. The largest absolute Gasteiger partial charge is 0.408 e. The van der Waals surface area contributed by atoms with E-state index in [1.165, 1.54) is 4.90 Å². The smallest absolute Gasteiger partial charge is 0.361 e. The summed E-state index contributed by atoms with van der Waals surface area (Å²) in [5.74, 6) is 0. The number of rotatable bonds is 2. The summed E-state index contributed by atoms with van der Waals surface area (Å²) in [5.41, 5.74) is 1.07. The van der Waals surface area contributed by atoms with Gasteiger partial charge in [-0.3, -0.25) is 4.90 Å². The Kier molecular flexibility index (Phi) is 6.55. The summed E-state index contributed by atoms with van der Waals surface area (Å²) in [6.45, 7) is 2.00. The van der Waals surface area contributed by atoms with Crippen LogP contribution in [0.3, 0.4) is 0 Å². The lowest BCUT2D eigenvalue weighted by Crippen LogP contribution is -2.49. The minimum atomic E-state index is -4.27. The van der Waals surface area contributed by atoms with E-state index < -0.39 is 12.2 Å². The summed E-state index contributed by atoms with van der Waals surface area (Å²) in [7, 11) is 0. The van der Waals surface area contributed by atoms with E-state index >= 15 is 0 Å². The molecule has 0 amide bonds. The molecule has 0 radical (unpaired) electrons. The molecule has 1 aliphatic heterocycles. The molecule has 22 heavy (non-hydrogen) atoms. The van der Waals surface area contributed by atoms with E-state index in [4.69, 9.17) is 0 Å². The van der Waals surface area contributed by atoms with Gasteiger partial charge in [0.25, 0.3) is 0 Å². The van der Waals surface area contributed by atoms with Crippen LogP contribution in [0, 0.1) is 0 Å². The molecule has 124 valence electrons. The number of piperazine rings is 1. The third-order valence-electron chi connectivity index (χ3n) is 3.75. The second-order valence-corrected chi connectivity index (χ2v) is 5.02. The fraction of sp³-hybridized carbons (Fsp3) is 0.429. The van der Waals surface area contributed by atoms with Crippen molar-refractivity contribution in [2.45, 2.75) is 12.2 Å². The van der Waals surface area contributed by atoms with Crippen LogP contribution in [-0.4, -0.2) is 42.2 Å². The Morgan fingerprint density at radius 3 is 2.36 bits per heavy atom. The molecule has 1 aromatic heterocycles. The maximum atomic E-state index is 13.6. The highest BCUT2D eigenvalue weighted by Crippen LogP contribution is 2.40. The van der Waals surface area contributed by atoms with E-state index in [2.05, 4.69) is 10.3 Å². The van der Waals surface area contributed by atoms with Gasteiger partial charge in [0.1, 0.15) is 6.04 Å². The van der Waals surface area contributed by atoms with E-state index in [1.807, 2.05) is 0 Å². The van der Waals surface area contributed by atoms with Crippen LogP contribution in [0.2, 0.25) is 0 Å². The van der Waals surface area contributed by atoms with Crippen molar-refractivity contribution in [3.05, 3.63) is 36.0 Å². The number of alkyl halides is 3. The van der Waals surface area contributed by atoms with Gasteiger partial charge in [-0.05, 0) is 17.7 Å². The summed E-state index contributed by atoms with van der Waals surface area (Å²) in [4.78, 5) is 4.48. The molecular weight excluding hydrogens is 338 g/mol. The predicted octanol–water partition coefficient (Wildman–Crippen LogP) is 3.52. The topological polar surface area (TPSA) is 31.1 Å². The lowest BCUT2D eigenvalue weighted by atomic mass is 10.00. The second kappa shape index (κ2) is 7.55. The Morgan fingerprint density at radius 2 is 1.73 bits per heavy atom. The van der Waals surface area contributed by atoms with E-state index in [0.29, 0.717) is 37.1 Å². The molecule has 0 unspecified atom stereocenters. The second-order valence-electron chi connectivity index (χ2n) is 5.02. The summed E-state index contributed by atoms with van der Waals surface area (Å²) >= 11 is 0. The molecule has 1 saturated heterocycles. The standard InChI is InChI=1S/C14H16F3N3.2ClH/c15-14(16,17)13(20-8-6-18-7-9-20)11-2-1-3-12-10(11)4-5-19-12;;/h1-5,13,18-19H,6-9H2;2*1H/t13-;;/m0../s1. The number of benzene rings is 1. The first-order valence-electron chi connectivity index (χ1n) is 6.65. The predicted molar refractivity (Wildman–Crippen MR) is 86.0 cm³/mol. The molecule has 1 aromatic carbocycles. The van der Waals surface area contributed by atoms with Crippen LogP contribution in [0.15, 0.2) is 30.5 Å². The number of halogens is 5. The SMILES string of the molecule is Cl.Cl.FC(F)(F)[C@H](c1cccc2[nH]ccc12)N1CCNCC1. The molecule has 1 aliphatic rings. The number of H-pyrrole nitrogens is 1. The average molecular weight is 356 g/mol. The quantitative estimate of drug-likeness (QED) is 0.863. The van der Waals surface area contributed by atoms with Gasteiger partial charge in [0.2, 0.25) is 0 Å². The van der Waals surface area contributed by atoms with Gasteiger partial charge in [0, 0.05) is 43.3 Å².